The lowest BCUT2D eigenvalue weighted by Crippen LogP contribution is -2.28. The molecule has 0 saturated heterocycles. The topological polar surface area (TPSA) is 56.5 Å². The molecule has 0 heterocycles. The van der Waals surface area contributed by atoms with E-state index in [1.807, 2.05) is 6.07 Å². The zero-order valence-electron chi connectivity index (χ0n) is 11.7. The molecule has 2 aromatic rings. The van der Waals surface area contributed by atoms with E-state index in [1.54, 1.807) is 32.4 Å². The van der Waals surface area contributed by atoms with Gasteiger partial charge in [-0.25, -0.2) is 9.82 Å². The average Bonchev–Trinajstić information content (AvgIpc) is 2.51. The third-order valence-corrected chi connectivity index (χ3v) is 3.47. The molecule has 1 atom stereocenters. The summed E-state index contributed by atoms with van der Waals surface area (Å²) in [6.07, 6.45) is 0. The number of nitrogens with one attached hydrogen (secondary N) is 1. The zero-order chi connectivity index (χ0) is 15.4. The van der Waals surface area contributed by atoms with Gasteiger partial charge in [-0.15, -0.1) is 0 Å². The minimum atomic E-state index is -0.469. The van der Waals surface area contributed by atoms with Crippen LogP contribution in [0.1, 0.15) is 17.2 Å². The number of nitrogens with two attached hydrogens (primary N) is 1. The van der Waals surface area contributed by atoms with Crippen LogP contribution < -0.4 is 20.7 Å². The van der Waals surface area contributed by atoms with Crippen molar-refractivity contribution < 1.29 is 13.9 Å². The molecule has 1 unspecified atom stereocenters. The lowest BCUT2D eigenvalue weighted by atomic mass is 9.99. The Hall–Kier alpha value is -1.82. The van der Waals surface area contributed by atoms with Gasteiger partial charge in [0, 0.05) is 0 Å². The van der Waals surface area contributed by atoms with Crippen LogP contribution in [0.2, 0.25) is 5.02 Å². The van der Waals surface area contributed by atoms with Gasteiger partial charge >= 0.3 is 0 Å². The van der Waals surface area contributed by atoms with Crippen molar-refractivity contribution >= 4 is 11.6 Å². The second-order valence-electron chi connectivity index (χ2n) is 4.39. The minimum Gasteiger partial charge on any atom is -0.493 e. The highest BCUT2D eigenvalue weighted by atomic mass is 35.5. The fourth-order valence-corrected chi connectivity index (χ4v) is 2.30. The number of rotatable bonds is 5. The van der Waals surface area contributed by atoms with Crippen molar-refractivity contribution in [2.45, 2.75) is 6.04 Å². The van der Waals surface area contributed by atoms with E-state index in [0.717, 1.165) is 11.1 Å². The molecule has 0 bridgehead atoms. The number of methoxy groups -OCH3 is 2. The molecule has 0 saturated carbocycles. The molecule has 0 aromatic heterocycles. The van der Waals surface area contributed by atoms with E-state index in [9.17, 15) is 4.39 Å². The van der Waals surface area contributed by atoms with Crippen molar-refractivity contribution in [1.82, 2.24) is 5.43 Å². The van der Waals surface area contributed by atoms with Gasteiger partial charge in [0.05, 0.1) is 25.3 Å². The van der Waals surface area contributed by atoms with Gasteiger partial charge in [0.2, 0.25) is 0 Å². The number of hydrogen-bond acceptors (Lipinski definition) is 4. The second kappa shape index (κ2) is 6.76. The maximum atomic E-state index is 13.3. The predicted molar refractivity (Wildman–Crippen MR) is 80.1 cm³/mol. The van der Waals surface area contributed by atoms with Gasteiger partial charge in [0.1, 0.15) is 5.82 Å². The molecular weight excluding hydrogens is 295 g/mol. The molecule has 0 spiro atoms. The summed E-state index contributed by atoms with van der Waals surface area (Å²) in [7, 11) is 3.12. The molecule has 0 amide bonds. The van der Waals surface area contributed by atoms with Gasteiger partial charge in [-0.3, -0.25) is 5.84 Å². The first-order valence-corrected chi connectivity index (χ1v) is 6.61. The minimum absolute atomic E-state index is 0.0493. The van der Waals surface area contributed by atoms with Crippen LogP contribution in [0.15, 0.2) is 36.4 Å². The van der Waals surface area contributed by atoms with E-state index in [-0.39, 0.29) is 11.1 Å². The molecule has 0 aliphatic heterocycles. The Morgan fingerprint density at radius 2 is 1.67 bits per heavy atom. The smallest absolute Gasteiger partial charge is 0.161 e. The highest BCUT2D eigenvalue weighted by Crippen LogP contribution is 2.32. The Bertz CT molecular complexity index is 637. The average molecular weight is 311 g/mol. The summed E-state index contributed by atoms with van der Waals surface area (Å²) in [6, 6.07) is 9.57. The quantitative estimate of drug-likeness (QED) is 0.658. The number of halogens is 2. The van der Waals surface area contributed by atoms with E-state index in [2.05, 4.69) is 5.43 Å². The van der Waals surface area contributed by atoms with Crippen LogP contribution in [-0.2, 0) is 0 Å². The fourth-order valence-electron chi connectivity index (χ4n) is 2.11. The number of ether oxygens (including phenoxy) is 2. The van der Waals surface area contributed by atoms with Gasteiger partial charge in [-0.2, -0.15) is 0 Å². The SMILES string of the molecule is COc1ccc(C(NN)c2ccc(F)c(Cl)c2)cc1OC. The molecule has 0 fully saturated rings. The van der Waals surface area contributed by atoms with Crippen LogP contribution >= 0.6 is 11.6 Å². The number of hydrogen-bond donors (Lipinski definition) is 2. The van der Waals surface area contributed by atoms with Crippen LogP contribution in [0.3, 0.4) is 0 Å². The van der Waals surface area contributed by atoms with Gasteiger partial charge in [-0.1, -0.05) is 23.7 Å². The molecule has 0 aliphatic carbocycles. The van der Waals surface area contributed by atoms with Crippen molar-refractivity contribution in [3.05, 3.63) is 58.4 Å². The molecule has 0 radical (unpaired) electrons. The lowest BCUT2D eigenvalue weighted by molar-refractivity contribution is 0.354. The number of hydrazine groups is 1. The summed E-state index contributed by atoms with van der Waals surface area (Å²) in [6.45, 7) is 0. The first-order chi connectivity index (χ1) is 10.1. The summed E-state index contributed by atoms with van der Waals surface area (Å²) in [5.41, 5.74) is 4.28. The molecular formula is C15H16ClFN2O2. The molecule has 112 valence electrons. The van der Waals surface area contributed by atoms with Crippen LogP contribution in [0.4, 0.5) is 4.39 Å². The summed E-state index contributed by atoms with van der Waals surface area (Å²) >= 11 is 5.82. The molecule has 6 heteroatoms. The second-order valence-corrected chi connectivity index (χ2v) is 4.79. The molecule has 3 N–H and O–H groups in total. The van der Waals surface area contributed by atoms with Crippen molar-refractivity contribution in [2.24, 2.45) is 5.84 Å². The van der Waals surface area contributed by atoms with Crippen molar-refractivity contribution in [2.75, 3.05) is 14.2 Å². The summed E-state index contributed by atoms with van der Waals surface area (Å²) in [5, 5.41) is 0.0493. The Labute approximate surface area is 127 Å². The van der Waals surface area contributed by atoms with E-state index >= 15 is 0 Å². The van der Waals surface area contributed by atoms with E-state index in [4.69, 9.17) is 26.9 Å². The monoisotopic (exact) mass is 310 g/mol. The van der Waals surface area contributed by atoms with Crippen molar-refractivity contribution in [3.8, 4) is 11.5 Å². The normalized spacial score (nSPS) is 12.0. The summed E-state index contributed by atoms with van der Waals surface area (Å²) in [5.74, 6) is 6.37. The van der Waals surface area contributed by atoms with Crippen LogP contribution in [0, 0.1) is 5.82 Å². The predicted octanol–water partition coefficient (Wildman–Crippen LogP) is 3.05. The van der Waals surface area contributed by atoms with Gasteiger partial charge in [-0.05, 0) is 35.4 Å². The molecule has 21 heavy (non-hydrogen) atoms. The first-order valence-electron chi connectivity index (χ1n) is 6.23. The largest absolute Gasteiger partial charge is 0.493 e. The third kappa shape index (κ3) is 3.26. The van der Waals surface area contributed by atoms with E-state index < -0.39 is 5.82 Å². The number of benzene rings is 2. The Balaban J connectivity index is 2.43. The highest BCUT2D eigenvalue weighted by Gasteiger charge is 2.16. The van der Waals surface area contributed by atoms with E-state index in [1.165, 1.54) is 12.1 Å². The van der Waals surface area contributed by atoms with Crippen LogP contribution in [-0.4, -0.2) is 14.2 Å². The molecule has 4 nitrogen and oxygen atoms in total. The maximum Gasteiger partial charge on any atom is 0.161 e. The maximum absolute atomic E-state index is 13.3. The third-order valence-electron chi connectivity index (χ3n) is 3.18. The summed E-state index contributed by atoms with van der Waals surface area (Å²) < 4.78 is 23.7. The molecule has 2 rings (SSSR count). The van der Waals surface area contributed by atoms with Crippen LogP contribution in [0.25, 0.3) is 0 Å². The Morgan fingerprint density at radius 3 is 2.24 bits per heavy atom. The van der Waals surface area contributed by atoms with Crippen LogP contribution in [0.5, 0.6) is 11.5 Å². The van der Waals surface area contributed by atoms with Gasteiger partial charge in [0.25, 0.3) is 0 Å². The van der Waals surface area contributed by atoms with E-state index in [0.29, 0.717) is 11.5 Å². The molecule has 2 aromatic carbocycles. The lowest BCUT2D eigenvalue weighted by Gasteiger charge is -2.19. The summed E-state index contributed by atoms with van der Waals surface area (Å²) in [4.78, 5) is 0. The Morgan fingerprint density at radius 1 is 1.05 bits per heavy atom. The fraction of sp³-hybridized carbons (Fsp3) is 0.200. The standard InChI is InChI=1S/C15H16ClFN2O2/c1-20-13-6-4-10(8-14(13)21-2)15(19-18)9-3-5-12(17)11(16)7-9/h3-8,15,19H,18H2,1-2H3. The zero-order valence-corrected chi connectivity index (χ0v) is 12.4. The van der Waals surface area contributed by atoms with Crippen molar-refractivity contribution in [1.29, 1.82) is 0 Å². The Kier molecular flexibility index (Phi) is 5.01. The van der Waals surface area contributed by atoms with Gasteiger partial charge < -0.3 is 9.47 Å². The molecule has 0 aliphatic rings. The highest BCUT2D eigenvalue weighted by molar-refractivity contribution is 6.30. The first kappa shape index (κ1) is 15.6. The van der Waals surface area contributed by atoms with Crippen molar-refractivity contribution in [3.63, 3.8) is 0 Å². The van der Waals surface area contributed by atoms with Gasteiger partial charge in [0.15, 0.2) is 11.5 Å².